The van der Waals surface area contributed by atoms with Crippen LogP contribution < -0.4 is 5.32 Å². The van der Waals surface area contributed by atoms with Crippen molar-refractivity contribution in [3.63, 3.8) is 0 Å². The highest BCUT2D eigenvalue weighted by atomic mass is 32.2. The summed E-state index contributed by atoms with van der Waals surface area (Å²) in [5.74, 6) is 0.386. The van der Waals surface area contributed by atoms with Gasteiger partial charge in [0, 0.05) is 33.4 Å². The van der Waals surface area contributed by atoms with Gasteiger partial charge >= 0.3 is 0 Å². The summed E-state index contributed by atoms with van der Waals surface area (Å²) < 4.78 is 31.9. The van der Waals surface area contributed by atoms with Crippen LogP contribution in [-0.4, -0.2) is 51.1 Å². The number of rotatable bonds is 4. The zero-order chi connectivity index (χ0) is 13.9. The fraction of sp³-hybridized carbons (Fsp3) is 0.583. The summed E-state index contributed by atoms with van der Waals surface area (Å²) in [5.41, 5.74) is 0. The van der Waals surface area contributed by atoms with Crippen LogP contribution in [0.5, 0.6) is 0 Å². The fourth-order valence-corrected chi connectivity index (χ4v) is 3.85. The molecule has 0 aromatic carbocycles. The normalized spacial score (nSPS) is 18.4. The van der Waals surface area contributed by atoms with Crippen molar-refractivity contribution in [1.29, 1.82) is 0 Å². The van der Waals surface area contributed by atoms with E-state index in [1.165, 1.54) is 4.31 Å². The number of hydrogen-bond acceptors (Lipinski definition) is 5. The van der Waals surface area contributed by atoms with Gasteiger partial charge in [0.05, 0.1) is 6.10 Å². The molecule has 7 heteroatoms. The van der Waals surface area contributed by atoms with E-state index in [2.05, 4.69) is 10.3 Å². The molecule has 0 atom stereocenters. The van der Waals surface area contributed by atoms with Crippen molar-refractivity contribution in [3.8, 4) is 0 Å². The highest BCUT2D eigenvalue weighted by molar-refractivity contribution is 7.89. The summed E-state index contributed by atoms with van der Waals surface area (Å²) >= 11 is 0. The zero-order valence-corrected chi connectivity index (χ0v) is 12.0. The van der Waals surface area contributed by atoms with Gasteiger partial charge in [0.25, 0.3) is 0 Å². The highest BCUT2D eigenvalue weighted by Gasteiger charge is 2.31. The van der Waals surface area contributed by atoms with Crippen molar-refractivity contribution < 1.29 is 13.2 Å². The van der Waals surface area contributed by atoms with Crippen molar-refractivity contribution in [2.75, 3.05) is 32.6 Å². The van der Waals surface area contributed by atoms with Crippen LogP contribution in [-0.2, 0) is 14.8 Å². The lowest BCUT2D eigenvalue weighted by molar-refractivity contribution is 0.0604. The third kappa shape index (κ3) is 2.88. The Morgan fingerprint density at radius 2 is 2.11 bits per heavy atom. The second kappa shape index (κ2) is 5.85. The first kappa shape index (κ1) is 14.2. The first-order chi connectivity index (χ1) is 9.09. The summed E-state index contributed by atoms with van der Waals surface area (Å²) in [4.78, 5) is 4.28. The molecule has 1 fully saturated rings. The molecule has 2 rings (SSSR count). The van der Waals surface area contributed by atoms with Crippen molar-refractivity contribution in [1.82, 2.24) is 9.29 Å². The maximum Gasteiger partial charge on any atom is 0.246 e. The molecule has 0 amide bonds. The summed E-state index contributed by atoms with van der Waals surface area (Å²) in [5, 5.41) is 2.82. The van der Waals surface area contributed by atoms with Crippen LogP contribution in [0, 0.1) is 0 Å². The van der Waals surface area contributed by atoms with Crippen LogP contribution in [0.25, 0.3) is 0 Å². The topological polar surface area (TPSA) is 71.5 Å². The number of nitrogens with one attached hydrogen (secondary N) is 1. The molecule has 0 saturated carbocycles. The van der Waals surface area contributed by atoms with Crippen LogP contribution in [0.1, 0.15) is 12.8 Å². The highest BCUT2D eigenvalue weighted by Crippen LogP contribution is 2.25. The Balaban J connectivity index is 2.23. The molecule has 1 aromatic rings. The summed E-state index contributed by atoms with van der Waals surface area (Å²) in [7, 11) is -0.157. The minimum Gasteiger partial charge on any atom is -0.381 e. The minimum atomic E-state index is -3.48. The van der Waals surface area contributed by atoms with Gasteiger partial charge in [-0.25, -0.2) is 13.4 Å². The van der Waals surface area contributed by atoms with Crippen LogP contribution >= 0.6 is 0 Å². The number of piperidine rings is 1. The Labute approximate surface area is 113 Å². The third-order valence-electron chi connectivity index (χ3n) is 3.36. The molecule has 1 aliphatic rings. The summed E-state index contributed by atoms with van der Waals surface area (Å²) in [6, 6.07) is 3.21. The molecule has 1 aromatic heterocycles. The van der Waals surface area contributed by atoms with Crippen molar-refractivity contribution in [3.05, 3.63) is 18.3 Å². The molecule has 0 radical (unpaired) electrons. The molecule has 1 saturated heterocycles. The predicted molar refractivity (Wildman–Crippen MR) is 72.6 cm³/mol. The number of hydrogen-bond donors (Lipinski definition) is 1. The van der Waals surface area contributed by atoms with Crippen molar-refractivity contribution in [2.45, 2.75) is 23.8 Å². The molecule has 19 heavy (non-hydrogen) atoms. The third-order valence-corrected chi connectivity index (χ3v) is 5.29. The number of nitrogens with zero attached hydrogens (tertiary/aromatic N) is 2. The van der Waals surface area contributed by atoms with Crippen LogP contribution in [0.3, 0.4) is 0 Å². The monoisotopic (exact) mass is 285 g/mol. The predicted octanol–water partition coefficient (Wildman–Crippen LogP) is 0.923. The van der Waals surface area contributed by atoms with E-state index >= 15 is 0 Å². The first-order valence-corrected chi connectivity index (χ1v) is 7.69. The molecule has 106 valence electrons. The fourth-order valence-electron chi connectivity index (χ4n) is 2.23. The van der Waals surface area contributed by atoms with E-state index < -0.39 is 10.0 Å². The second-order valence-electron chi connectivity index (χ2n) is 4.44. The lowest BCUT2D eigenvalue weighted by Gasteiger charge is -2.30. The number of aromatic nitrogens is 1. The molecular weight excluding hydrogens is 266 g/mol. The molecule has 6 nitrogen and oxygen atoms in total. The van der Waals surface area contributed by atoms with Crippen molar-refractivity contribution >= 4 is 15.8 Å². The second-order valence-corrected chi connectivity index (χ2v) is 6.35. The van der Waals surface area contributed by atoms with E-state index in [9.17, 15) is 8.42 Å². The SMILES string of the molecule is CNc1ncccc1S(=O)(=O)N1CCC(OC)CC1. The summed E-state index contributed by atoms with van der Waals surface area (Å²) in [6.07, 6.45) is 3.18. The van der Waals surface area contributed by atoms with Gasteiger partial charge < -0.3 is 10.1 Å². The molecule has 0 spiro atoms. The number of anilines is 1. The molecule has 1 N–H and O–H groups in total. The van der Waals surface area contributed by atoms with Gasteiger partial charge in [-0.05, 0) is 25.0 Å². The van der Waals surface area contributed by atoms with Crippen LogP contribution in [0.15, 0.2) is 23.2 Å². The van der Waals surface area contributed by atoms with Gasteiger partial charge in [-0.15, -0.1) is 0 Å². The maximum atomic E-state index is 12.6. The van der Waals surface area contributed by atoms with Crippen molar-refractivity contribution in [2.24, 2.45) is 0 Å². The Morgan fingerprint density at radius 1 is 1.42 bits per heavy atom. The minimum absolute atomic E-state index is 0.157. The first-order valence-electron chi connectivity index (χ1n) is 6.25. The van der Waals surface area contributed by atoms with Gasteiger partial charge in [0.15, 0.2) is 0 Å². The number of ether oxygens (including phenoxy) is 1. The Morgan fingerprint density at radius 3 is 2.68 bits per heavy atom. The molecule has 0 unspecified atom stereocenters. The largest absolute Gasteiger partial charge is 0.381 e. The van der Waals surface area contributed by atoms with Crippen LogP contribution in [0.2, 0.25) is 0 Å². The smallest absolute Gasteiger partial charge is 0.246 e. The Bertz CT molecular complexity index is 525. The van der Waals surface area contributed by atoms with Crippen LogP contribution in [0.4, 0.5) is 5.82 Å². The quantitative estimate of drug-likeness (QED) is 0.891. The molecular formula is C12H19N3O3S. The van der Waals surface area contributed by atoms with Gasteiger partial charge in [0.1, 0.15) is 10.7 Å². The number of sulfonamides is 1. The molecule has 0 bridgehead atoms. The average molecular weight is 285 g/mol. The van der Waals surface area contributed by atoms with E-state index in [-0.39, 0.29) is 11.0 Å². The molecule has 2 heterocycles. The maximum absolute atomic E-state index is 12.6. The van der Waals surface area contributed by atoms with Gasteiger partial charge in [-0.3, -0.25) is 0 Å². The van der Waals surface area contributed by atoms with Gasteiger partial charge in [-0.2, -0.15) is 4.31 Å². The molecule has 1 aliphatic heterocycles. The Kier molecular flexibility index (Phi) is 4.38. The Hall–Kier alpha value is -1.18. The van der Waals surface area contributed by atoms with E-state index in [4.69, 9.17) is 4.74 Å². The lowest BCUT2D eigenvalue weighted by Crippen LogP contribution is -2.40. The van der Waals surface area contributed by atoms with Gasteiger partial charge in [-0.1, -0.05) is 0 Å². The van der Waals surface area contributed by atoms with E-state index in [0.29, 0.717) is 18.9 Å². The van der Waals surface area contributed by atoms with E-state index in [0.717, 1.165) is 12.8 Å². The average Bonchev–Trinajstić information content (AvgIpc) is 2.47. The molecule has 0 aliphatic carbocycles. The zero-order valence-electron chi connectivity index (χ0n) is 11.2. The lowest BCUT2D eigenvalue weighted by atomic mass is 10.1. The summed E-state index contributed by atoms with van der Waals surface area (Å²) in [6.45, 7) is 0.970. The van der Waals surface area contributed by atoms with E-state index in [1.807, 2.05) is 0 Å². The van der Waals surface area contributed by atoms with E-state index in [1.54, 1.807) is 32.5 Å². The standard InChI is InChI=1S/C12H19N3O3S/c1-13-12-11(4-3-7-14-12)19(16,17)15-8-5-10(18-2)6-9-15/h3-4,7,10H,5-6,8-9H2,1-2H3,(H,13,14). The van der Waals surface area contributed by atoms with Gasteiger partial charge in [0.2, 0.25) is 10.0 Å². The number of methoxy groups -OCH3 is 1. The number of pyridine rings is 1.